The first-order valence-corrected chi connectivity index (χ1v) is 12.5. The Labute approximate surface area is 229 Å². The third kappa shape index (κ3) is 6.84. The number of benzene rings is 1. The molecule has 13 heteroatoms. The number of hydrogen-bond acceptors (Lipinski definition) is 9. The van der Waals surface area contributed by atoms with E-state index < -0.39 is 17.6 Å². The van der Waals surface area contributed by atoms with E-state index in [0.717, 1.165) is 11.6 Å². The van der Waals surface area contributed by atoms with Crippen LogP contribution in [-0.4, -0.2) is 68.5 Å². The second-order valence-corrected chi connectivity index (χ2v) is 8.84. The van der Waals surface area contributed by atoms with Gasteiger partial charge in [0.25, 0.3) is 0 Å². The zero-order valence-electron chi connectivity index (χ0n) is 22.5. The fraction of sp³-hybridized carbons (Fsp3) is 0.407. The number of methoxy groups -OCH3 is 2. The van der Waals surface area contributed by atoms with Crippen LogP contribution in [0.4, 0.5) is 19.0 Å². The molecule has 0 radical (unpaired) electrons. The zero-order valence-corrected chi connectivity index (χ0v) is 22.5. The molecule has 0 bridgehead atoms. The minimum absolute atomic E-state index is 0.240. The highest BCUT2D eigenvalue weighted by molar-refractivity contribution is 5.68. The summed E-state index contributed by atoms with van der Waals surface area (Å²) in [6, 6.07) is 6.18. The highest BCUT2D eigenvalue weighted by atomic mass is 19.4. The van der Waals surface area contributed by atoms with Gasteiger partial charge < -0.3 is 34.8 Å². The number of nitrogen functional groups attached to an aromatic ring is 1. The maximum absolute atomic E-state index is 13.5. The summed E-state index contributed by atoms with van der Waals surface area (Å²) in [7, 11) is 3.16. The van der Waals surface area contributed by atoms with Gasteiger partial charge in [-0.15, -0.1) is 0 Å². The number of halogens is 3. The molecule has 3 aromatic rings. The number of nitrogens with zero attached hydrogens (tertiary/aromatic N) is 3. The maximum Gasteiger partial charge on any atom is 0.419 e. The smallest absolute Gasteiger partial charge is 0.419 e. The Morgan fingerprint density at radius 3 is 2.42 bits per heavy atom. The number of imidazole rings is 1. The second kappa shape index (κ2) is 13.0. The van der Waals surface area contributed by atoms with Gasteiger partial charge in [0.1, 0.15) is 12.4 Å². The third-order valence-corrected chi connectivity index (χ3v) is 6.12. The molecule has 1 atom stereocenters. The Hall–Kier alpha value is -3.81. The number of nitrogens with one attached hydrogen (secondary N) is 1. The molecule has 0 amide bonds. The van der Waals surface area contributed by atoms with E-state index in [1.54, 1.807) is 38.0 Å². The van der Waals surface area contributed by atoms with E-state index in [2.05, 4.69) is 15.4 Å². The van der Waals surface area contributed by atoms with Crippen LogP contribution in [0.2, 0.25) is 0 Å². The molecule has 3 N–H and O–H groups in total. The molecule has 0 saturated carbocycles. The number of aryl methyl sites for hydroxylation is 1. The molecule has 1 aliphatic heterocycles. The lowest BCUT2D eigenvalue weighted by atomic mass is 10.0. The van der Waals surface area contributed by atoms with Crippen molar-refractivity contribution in [3.8, 4) is 22.8 Å². The summed E-state index contributed by atoms with van der Waals surface area (Å²) in [5.74, 6) is 1.05. The van der Waals surface area contributed by atoms with Gasteiger partial charge in [-0.3, -0.25) is 0 Å². The van der Waals surface area contributed by atoms with Gasteiger partial charge >= 0.3 is 6.18 Å². The minimum atomic E-state index is -4.63. The molecular weight excluding hydrogens is 531 g/mol. The number of fused-ring (bicyclic) bond motifs is 1. The molecule has 4 rings (SSSR count). The SMILES string of the molecule is COCCOCCOCCOc1ccc(C2C=Cc3nc(C)c(-c4cnc(N)c(C(F)(F)F)c4)n3N2)cc1OC. The van der Waals surface area contributed by atoms with E-state index in [4.69, 9.17) is 29.4 Å². The quantitative estimate of drug-likeness (QED) is 0.295. The summed E-state index contributed by atoms with van der Waals surface area (Å²) in [5, 5.41) is 0. The fourth-order valence-corrected chi connectivity index (χ4v) is 4.19. The van der Waals surface area contributed by atoms with E-state index in [-0.39, 0.29) is 11.6 Å². The average molecular weight is 564 g/mol. The molecule has 1 aliphatic rings. The Morgan fingerprint density at radius 2 is 1.73 bits per heavy atom. The van der Waals surface area contributed by atoms with Crippen molar-refractivity contribution in [3.05, 3.63) is 59.2 Å². The van der Waals surface area contributed by atoms with Gasteiger partial charge in [-0.1, -0.05) is 12.1 Å². The second-order valence-electron chi connectivity index (χ2n) is 8.84. The Morgan fingerprint density at radius 1 is 1.00 bits per heavy atom. The van der Waals surface area contributed by atoms with E-state index in [9.17, 15) is 13.2 Å². The van der Waals surface area contributed by atoms with Crippen LogP contribution in [-0.2, 0) is 20.4 Å². The average Bonchev–Trinajstić information content (AvgIpc) is 3.26. The van der Waals surface area contributed by atoms with Crippen molar-refractivity contribution in [1.82, 2.24) is 14.6 Å². The number of hydrogen-bond donors (Lipinski definition) is 2. The molecule has 40 heavy (non-hydrogen) atoms. The molecule has 0 fully saturated rings. The van der Waals surface area contributed by atoms with Crippen LogP contribution < -0.4 is 20.6 Å². The van der Waals surface area contributed by atoms with E-state index in [1.807, 2.05) is 18.2 Å². The lowest BCUT2D eigenvalue weighted by Crippen LogP contribution is -2.24. The number of aromatic nitrogens is 3. The number of anilines is 1. The van der Waals surface area contributed by atoms with Crippen LogP contribution in [0.5, 0.6) is 11.5 Å². The Balaban J connectivity index is 1.44. The van der Waals surface area contributed by atoms with Gasteiger partial charge in [0, 0.05) is 18.9 Å². The van der Waals surface area contributed by atoms with Crippen LogP contribution in [0, 0.1) is 6.92 Å². The van der Waals surface area contributed by atoms with Crippen LogP contribution in [0.3, 0.4) is 0 Å². The van der Waals surface area contributed by atoms with Gasteiger partial charge in [-0.25, -0.2) is 14.6 Å². The molecule has 1 unspecified atom stereocenters. The summed E-state index contributed by atoms with van der Waals surface area (Å²) in [6.07, 6.45) is 0.392. The molecule has 3 heterocycles. The van der Waals surface area contributed by atoms with Crippen LogP contribution in [0.25, 0.3) is 17.3 Å². The molecule has 0 spiro atoms. The summed E-state index contributed by atoms with van der Waals surface area (Å²) in [4.78, 5) is 8.27. The zero-order chi connectivity index (χ0) is 28.7. The van der Waals surface area contributed by atoms with Crippen LogP contribution >= 0.6 is 0 Å². The molecule has 216 valence electrons. The Bertz CT molecular complexity index is 1330. The number of nitrogens with two attached hydrogens (primary N) is 1. The highest BCUT2D eigenvalue weighted by Crippen LogP contribution is 2.37. The van der Waals surface area contributed by atoms with Crippen molar-refractivity contribution in [2.75, 3.05) is 65.0 Å². The van der Waals surface area contributed by atoms with E-state index in [1.165, 1.54) is 6.20 Å². The largest absolute Gasteiger partial charge is 0.493 e. The van der Waals surface area contributed by atoms with Crippen LogP contribution in [0.15, 0.2) is 36.5 Å². The first kappa shape index (κ1) is 29.2. The molecule has 1 aromatic carbocycles. The monoisotopic (exact) mass is 563 g/mol. The topological polar surface area (TPSA) is 115 Å². The van der Waals surface area contributed by atoms with E-state index in [0.29, 0.717) is 68.4 Å². The third-order valence-electron chi connectivity index (χ3n) is 6.12. The summed E-state index contributed by atoms with van der Waals surface area (Å²) < 4.78 is 69.2. The predicted octanol–water partition coefficient (Wildman–Crippen LogP) is 4.23. The summed E-state index contributed by atoms with van der Waals surface area (Å²) >= 11 is 0. The lowest BCUT2D eigenvalue weighted by molar-refractivity contribution is -0.137. The van der Waals surface area contributed by atoms with Gasteiger partial charge in [0.15, 0.2) is 17.3 Å². The Kier molecular flexibility index (Phi) is 9.50. The van der Waals surface area contributed by atoms with Crippen molar-refractivity contribution >= 4 is 11.9 Å². The number of pyridine rings is 1. The van der Waals surface area contributed by atoms with Crippen molar-refractivity contribution in [2.24, 2.45) is 0 Å². The van der Waals surface area contributed by atoms with E-state index >= 15 is 0 Å². The standard InChI is InChI=1S/C27H32F3N5O5/c1-17-25(19-14-20(27(28,29)30)26(31)32-16-19)35-24(33-17)7-5-21(34-35)18-4-6-22(23(15-18)37-3)40-13-12-39-11-10-38-9-8-36-2/h4-7,14-16,21,34H,8-13H2,1-3H3,(H2,31,32). The van der Waals surface area contributed by atoms with Gasteiger partial charge in [-0.05, 0) is 36.8 Å². The van der Waals surface area contributed by atoms with Crippen molar-refractivity contribution in [3.63, 3.8) is 0 Å². The van der Waals surface area contributed by atoms with Crippen molar-refractivity contribution in [1.29, 1.82) is 0 Å². The first-order chi connectivity index (χ1) is 19.2. The highest BCUT2D eigenvalue weighted by Gasteiger charge is 2.35. The van der Waals surface area contributed by atoms with Crippen molar-refractivity contribution in [2.45, 2.75) is 19.1 Å². The summed E-state index contributed by atoms with van der Waals surface area (Å²) in [5.41, 5.74) is 9.90. The molecule has 0 aliphatic carbocycles. The maximum atomic E-state index is 13.5. The number of rotatable bonds is 13. The molecule has 10 nitrogen and oxygen atoms in total. The van der Waals surface area contributed by atoms with Gasteiger partial charge in [0.2, 0.25) is 0 Å². The minimum Gasteiger partial charge on any atom is -0.493 e. The molecule has 2 aromatic heterocycles. The number of alkyl halides is 3. The van der Waals surface area contributed by atoms with Crippen molar-refractivity contribution < 1.29 is 36.9 Å². The predicted molar refractivity (Wildman–Crippen MR) is 143 cm³/mol. The molecule has 0 saturated heterocycles. The van der Waals surface area contributed by atoms with Gasteiger partial charge in [0.05, 0.1) is 63.1 Å². The first-order valence-electron chi connectivity index (χ1n) is 12.5. The fourth-order valence-electron chi connectivity index (χ4n) is 4.19. The summed E-state index contributed by atoms with van der Waals surface area (Å²) in [6.45, 7) is 4.41. The molecular formula is C27H32F3N5O5. The number of ether oxygens (including phenoxy) is 5. The lowest BCUT2D eigenvalue weighted by Gasteiger charge is -2.25. The normalized spacial score (nSPS) is 14.6. The van der Waals surface area contributed by atoms with Crippen LogP contribution in [0.1, 0.15) is 28.7 Å². The van der Waals surface area contributed by atoms with Gasteiger partial charge in [-0.2, -0.15) is 13.2 Å².